The molecule has 1 aromatic carbocycles. The summed E-state index contributed by atoms with van der Waals surface area (Å²) in [6, 6.07) is 3.00. The number of aryl methyl sites for hydroxylation is 1. The summed E-state index contributed by atoms with van der Waals surface area (Å²) in [5.41, 5.74) is 7.23. The lowest BCUT2D eigenvalue weighted by atomic mass is 10.2. The Kier molecular flexibility index (Phi) is 5.60. The van der Waals surface area contributed by atoms with Crippen molar-refractivity contribution in [2.75, 3.05) is 26.6 Å². The summed E-state index contributed by atoms with van der Waals surface area (Å²) < 4.78 is 17.5. The number of aromatic nitrogens is 4. The van der Waals surface area contributed by atoms with E-state index in [1.54, 1.807) is 6.33 Å². The van der Waals surface area contributed by atoms with Gasteiger partial charge in [0.05, 0.1) is 37.7 Å². The molecular weight excluding hydrogens is 374 g/mol. The zero-order chi connectivity index (χ0) is 19.4. The minimum atomic E-state index is -0.500. The number of halogens is 1. The molecule has 0 aliphatic carbocycles. The van der Waals surface area contributed by atoms with Crippen LogP contribution < -0.4 is 15.2 Å². The van der Waals surface area contributed by atoms with Crippen molar-refractivity contribution in [2.45, 2.75) is 13.0 Å². The Morgan fingerprint density at radius 2 is 2.04 bits per heavy atom. The van der Waals surface area contributed by atoms with Gasteiger partial charge in [0, 0.05) is 6.54 Å². The predicted molar refractivity (Wildman–Crippen MR) is 99.2 cm³/mol. The Hall–Kier alpha value is -3.07. The van der Waals surface area contributed by atoms with E-state index in [4.69, 9.17) is 31.5 Å². The third-order valence-corrected chi connectivity index (χ3v) is 4.16. The number of nitrogens with zero attached hydrogens (tertiary/aromatic N) is 4. The first-order valence-electron chi connectivity index (χ1n) is 8.05. The first kappa shape index (κ1) is 18.7. The van der Waals surface area contributed by atoms with E-state index >= 15 is 0 Å². The number of carbonyl (C=O) groups excluding carboxylic acids is 1. The molecule has 9 nitrogen and oxygen atoms in total. The Labute approximate surface area is 160 Å². The van der Waals surface area contributed by atoms with Crippen LogP contribution in [0.15, 0.2) is 24.8 Å². The van der Waals surface area contributed by atoms with Gasteiger partial charge in [0.25, 0.3) is 0 Å². The van der Waals surface area contributed by atoms with Gasteiger partial charge in [-0.25, -0.2) is 19.7 Å². The van der Waals surface area contributed by atoms with Crippen molar-refractivity contribution in [2.24, 2.45) is 0 Å². The van der Waals surface area contributed by atoms with E-state index in [-0.39, 0.29) is 17.2 Å². The fraction of sp³-hybridized carbons (Fsp3) is 0.294. The quantitative estimate of drug-likeness (QED) is 0.482. The highest BCUT2D eigenvalue weighted by Crippen LogP contribution is 2.36. The maximum absolute atomic E-state index is 12.2. The fourth-order valence-corrected chi connectivity index (χ4v) is 2.87. The van der Waals surface area contributed by atoms with Gasteiger partial charge in [0.2, 0.25) is 0 Å². The molecule has 0 unspecified atom stereocenters. The normalized spacial score (nSPS) is 10.8. The molecule has 142 valence electrons. The molecular formula is C17H18ClN5O4. The highest BCUT2D eigenvalue weighted by molar-refractivity contribution is 6.32. The third kappa shape index (κ3) is 3.87. The molecule has 2 aromatic heterocycles. The molecule has 0 aliphatic rings. The van der Waals surface area contributed by atoms with Crippen LogP contribution in [-0.4, -0.2) is 46.3 Å². The maximum atomic E-state index is 12.2. The molecule has 10 heteroatoms. The summed E-state index contributed by atoms with van der Waals surface area (Å²) in [6.07, 6.45) is 3.59. The first-order chi connectivity index (χ1) is 13.0. The number of esters is 1. The molecule has 0 atom stereocenters. The second-order valence-electron chi connectivity index (χ2n) is 5.55. The van der Waals surface area contributed by atoms with E-state index in [0.29, 0.717) is 41.4 Å². The van der Waals surface area contributed by atoms with Gasteiger partial charge in [-0.2, -0.15) is 0 Å². The number of hydrogen-bond donors (Lipinski definition) is 1. The number of methoxy groups -OCH3 is 2. The third-order valence-electron chi connectivity index (χ3n) is 3.88. The smallest absolute Gasteiger partial charge is 0.338 e. The Bertz CT molecular complexity index is 975. The van der Waals surface area contributed by atoms with Gasteiger partial charge in [0.15, 0.2) is 23.0 Å². The second kappa shape index (κ2) is 8.09. The van der Waals surface area contributed by atoms with E-state index in [1.165, 1.54) is 32.7 Å². The van der Waals surface area contributed by atoms with Gasteiger partial charge in [-0.1, -0.05) is 11.6 Å². The molecule has 3 aromatic rings. The van der Waals surface area contributed by atoms with E-state index in [9.17, 15) is 4.79 Å². The lowest BCUT2D eigenvalue weighted by Gasteiger charge is -2.11. The highest BCUT2D eigenvalue weighted by Gasteiger charge is 2.16. The minimum Gasteiger partial charge on any atom is -0.493 e. The summed E-state index contributed by atoms with van der Waals surface area (Å²) in [4.78, 5) is 24.5. The molecule has 0 aliphatic heterocycles. The van der Waals surface area contributed by atoms with Crippen LogP contribution in [0.2, 0.25) is 5.02 Å². The van der Waals surface area contributed by atoms with E-state index in [0.717, 1.165) is 0 Å². The Morgan fingerprint density at radius 3 is 2.78 bits per heavy atom. The molecule has 0 fully saturated rings. The highest BCUT2D eigenvalue weighted by atomic mass is 35.5. The summed E-state index contributed by atoms with van der Waals surface area (Å²) in [5.74, 6) is 0.554. The number of rotatable bonds is 7. The van der Waals surface area contributed by atoms with Gasteiger partial charge >= 0.3 is 5.97 Å². The topological polar surface area (TPSA) is 114 Å². The molecule has 0 saturated heterocycles. The molecule has 0 bridgehead atoms. The van der Waals surface area contributed by atoms with Crippen molar-refractivity contribution >= 4 is 34.6 Å². The zero-order valence-electron chi connectivity index (χ0n) is 14.8. The Morgan fingerprint density at radius 1 is 1.22 bits per heavy atom. The van der Waals surface area contributed by atoms with Crippen molar-refractivity contribution in [3.05, 3.63) is 35.4 Å². The van der Waals surface area contributed by atoms with Gasteiger partial charge in [-0.05, 0) is 18.6 Å². The number of benzene rings is 1. The fourth-order valence-electron chi connectivity index (χ4n) is 2.58. The average Bonchev–Trinajstić information content (AvgIpc) is 3.08. The van der Waals surface area contributed by atoms with Crippen molar-refractivity contribution in [1.29, 1.82) is 0 Å². The van der Waals surface area contributed by atoms with E-state index in [1.807, 2.05) is 4.57 Å². The molecule has 0 saturated carbocycles. The van der Waals surface area contributed by atoms with E-state index in [2.05, 4.69) is 15.0 Å². The molecule has 27 heavy (non-hydrogen) atoms. The number of hydrogen-bond acceptors (Lipinski definition) is 8. The number of carbonyl (C=O) groups is 1. The zero-order valence-corrected chi connectivity index (χ0v) is 15.6. The van der Waals surface area contributed by atoms with Crippen LogP contribution in [-0.2, 0) is 11.3 Å². The van der Waals surface area contributed by atoms with Gasteiger partial charge < -0.3 is 24.5 Å². The number of imidazole rings is 1. The molecule has 0 radical (unpaired) electrons. The molecule has 0 spiro atoms. The predicted octanol–water partition coefficient (Wildman–Crippen LogP) is 2.33. The van der Waals surface area contributed by atoms with Crippen molar-refractivity contribution < 1.29 is 19.0 Å². The van der Waals surface area contributed by atoms with Crippen LogP contribution in [0.3, 0.4) is 0 Å². The summed E-state index contributed by atoms with van der Waals surface area (Å²) in [6.45, 7) is 0.776. The van der Waals surface area contributed by atoms with Gasteiger partial charge in [-0.15, -0.1) is 0 Å². The van der Waals surface area contributed by atoms with Crippen molar-refractivity contribution in [3.8, 4) is 11.5 Å². The Balaban J connectivity index is 1.60. The van der Waals surface area contributed by atoms with Crippen LogP contribution in [0.1, 0.15) is 16.8 Å². The largest absolute Gasteiger partial charge is 0.493 e. The van der Waals surface area contributed by atoms with Crippen LogP contribution in [0, 0.1) is 0 Å². The lowest BCUT2D eigenvalue weighted by molar-refractivity contribution is 0.0496. The van der Waals surface area contributed by atoms with E-state index < -0.39 is 5.97 Å². The number of anilines is 1. The number of ether oxygens (including phenoxy) is 3. The van der Waals surface area contributed by atoms with Gasteiger partial charge in [0.1, 0.15) is 11.8 Å². The molecule has 2 N–H and O–H groups in total. The van der Waals surface area contributed by atoms with Crippen molar-refractivity contribution in [1.82, 2.24) is 19.5 Å². The maximum Gasteiger partial charge on any atom is 0.338 e. The number of nitrogens with two attached hydrogens (primary N) is 1. The first-order valence-corrected chi connectivity index (χ1v) is 8.43. The molecule has 2 heterocycles. The number of nitrogen functional groups attached to an aromatic ring is 1. The van der Waals surface area contributed by atoms with Crippen LogP contribution >= 0.6 is 11.6 Å². The SMILES string of the molecule is COc1cc(C(=O)OCCCn2cnc3c(N)ncnc32)cc(Cl)c1OC. The van der Waals surface area contributed by atoms with Crippen LogP contribution in [0.25, 0.3) is 11.2 Å². The van der Waals surface area contributed by atoms with Crippen LogP contribution in [0.4, 0.5) is 5.82 Å². The van der Waals surface area contributed by atoms with Crippen molar-refractivity contribution in [3.63, 3.8) is 0 Å². The summed E-state index contributed by atoms with van der Waals surface area (Å²) >= 11 is 6.11. The van der Waals surface area contributed by atoms with Crippen LogP contribution in [0.5, 0.6) is 11.5 Å². The standard InChI is InChI=1S/C17H18ClN5O4/c1-25-12-7-10(6-11(18)14(12)26-2)17(24)27-5-3-4-23-9-22-13-15(19)20-8-21-16(13)23/h6-9H,3-5H2,1-2H3,(H2,19,20,21). The minimum absolute atomic E-state index is 0.213. The number of fused-ring (bicyclic) bond motifs is 1. The summed E-state index contributed by atoms with van der Waals surface area (Å²) in [5, 5.41) is 0.269. The molecule has 3 rings (SSSR count). The molecule has 0 amide bonds. The monoisotopic (exact) mass is 391 g/mol. The second-order valence-corrected chi connectivity index (χ2v) is 5.96. The lowest BCUT2D eigenvalue weighted by Crippen LogP contribution is -2.09. The van der Waals surface area contributed by atoms with Gasteiger partial charge in [-0.3, -0.25) is 0 Å². The average molecular weight is 392 g/mol. The summed E-state index contributed by atoms with van der Waals surface area (Å²) in [7, 11) is 2.94.